The fourth-order valence-electron chi connectivity index (χ4n) is 1.18. The van der Waals surface area contributed by atoms with Crippen LogP contribution in [0.1, 0.15) is 24.1 Å². The lowest BCUT2D eigenvalue weighted by molar-refractivity contribution is -0.614. The third kappa shape index (κ3) is 2.23. The van der Waals surface area contributed by atoms with E-state index >= 15 is 0 Å². The van der Waals surface area contributed by atoms with Crippen molar-refractivity contribution >= 4 is 5.97 Å². The van der Waals surface area contributed by atoms with E-state index in [0.717, 1.165) is 0 Å². The van der Waals surface area contributed by atoms with Gasteiger partial charge >= 0.3 is 5.97 Å². The molecular weight excluding hydrogens is 201 g/mol. The van der Waals surface area contributed by atoms with E-state index in [-0.39, 0.29) is 5.69 Å². The molecule has 15 heavy (non-hydrogen) atoms. The standard InChI is InChI=1S/C10H12FNO3/c1-6(10(13)15-3)8-4-9(11)7(2)12(14)5-8/h4-6H,1-3H3. The predicted octanol–water partition coefficient (Wildman–Crippen LogP) is 1.04. The summed E-state index contributed by atoms with van der Waals surface area (Å²) in [5, 5.41) is 11.2. The summed E-state index contributed by atoms with van der Waals surface area (Å²) in [6.07, 6.45) is 1.18. The summed E-state index contributed by atoms with van der Waals surface area (Å²) in [4.78, 5) is 11.2. The van der Waals surface area contributed by atoms with Gasteiger partial charge in [-0.15, -0.1) is 0 Å². The second kappa shape index (κ2) is 4.25. The van der Waals surface area contributed by atoms with E-state index in [1.807, 2.05) is 0 Å². The van der Waals surface area contributed by atoms with Gasteiger partial charge in [0.1, 0.15) is 0 Å². The molecule has 1 aromatic rings. The zero-order chi connectivity index (χ0) is 11.6. The van der Waals surface area contributed by atoms with Gasteiger partial charge in [-0.05, 0) is 13.0 Å². The average molecular weight is 213 g/mol. The van der Waals surface area contributed by atoms with Gasteiger partial charge in [-0.25, -0.2) is 0 Å². The second-order valence-electron chi connectivity index (χ2n) is 3.28. The molecule has 82 valence electrons. The van der Waals surface area contributed by atoms with E-state index < -0.39 is 17.7 Å². The van der Waals surface area contributed by atoms with Crippen LogP contribution in [0.3, 0.4) is 0 Å². The van der Waals surface area contributed by atoms with Crippen LogP contribution >= 0.6 is 0 Å². The van der Waals surface area contributed by atoms with Crippen molar-refractivity contribution in [1.82, 2.24) is 0 Å². The highest BCUT2D eigenvalue weighted by molar-refractivity contribution is 5.77. The van der Waals surface area contributed by atoms with Crippen LogP contribution in [0.25, 0.3) is 0 Å². The van der Waals surface area contributed by atoms with Crippen LogP contribution in [0.4, 0.5) is 4.39 Å². The van der Waals surface area contributed by atoms with Gasteiger partial charge in [0.05, 0.1) is 13.0 Å². The molecule has 0 fully saturated rings. The lowest BCUT2D eigenvalue weighted by Crippen LogP contribution is -2.32. The molecule has 0 aliphatic rings. The highest BCUT2D eigenvalue weighted by atomic mass is 19.1. The first-order valence-electron chi connectivity index (χ1n) is 4.44. The molecule has 0 aliphatic carbocycles. The topological polar surface area (TPSA) is 53.2 Å². The number of pyridine rings is 1. The molecular formula is C10H12FNO3. The number of carbonyl (C=O) groups excluding carboxylic acids is 1. The molecule has 5 heteroatoms. The monoisotopic (exact) mass is 213 g/mol. The maximum Gasteiger partial charge on any atom is 0.313 e. The van der Waals surface area contributed by atoms with E-state index in [0.29, 0.717) is 10.3 Å². The normalized spacial score (nSPS) is 12.3. The Morgan fingerprint density at radius 2 is 2.27 bits per heavy atom. The minimum Gasteiger partial charge on any atom is -0.618 e. The van der Waals surface area contributed by atoms with Gasteiger partial charge in [0.15, 0.2) is 12.0 Å². The minimum atomic E-state index is -0.648. The first kappa shape index (κ1) is 11.4. The van der Waals surface area contributed by atoms with Crippen molar-refractivity contribution in [2.75, 3.05) is 7.11 Å². The molecule has 0 aliphatic heterocycles. The number of carbonyl (C=O) groups is 1. The molecule has 1 rings (SSSR count). The van der Waals surface area contributed by atoms with Crippen LogP contribution in [0.2, 0.25) is 0 Å². The molecule has 0 bridgehead atoms. The number of esters is 1. The van der Waals surface area contributed by atoms with Gasteiger partial charge in [0.25, 0.3) is 0 Å². The van der Waals surface area contributed by atoms with Gasteiger partial charge in [-0.1, -0.05) is 0 Å². The molecule has 0 radical (unpaired) electrons. The Kier molecular flexibility index (Phi) is 3.24. The number of hydrogen-bond donors (Lipinski definition) is 0. The zero-order valence-corrected chi connectivity index (χ0v) is 8.78. The number of nitrogens with zero attached hydrogens (tertiary/aromatic N) is 1. The minimum absolute atomic E-state index is 0.0178. The quantitative estimate of drug-likeness (QED) is 0.419. The van der Waals surface area contributed by atoms with Crippen molar-refractivity contribution in [2.45, 2.75) is 19.8 Å². The number of hydrogen-bond acceptors (Lipinski definition) is 3. The molecule has 1 unspecified atom stereocenters. The van der Waals surface area contributed by atoms with Crippen molar-refractivity contribution in [2.24, 2.45) is 0 Å². The molecule has 4 nitrogen and oxygen atoms in total. The summed E-state index contributed by atoms with van der Waals surface area (Å²) in [5.74, 6) is -1.78. The highest BCUT2D eigenvalue weighted by Crippen LogP contribution is 2.16. The van der Waals surface area contributed by atoms with Crippen LogP contribution < -0.4 is 4.73 Å². The second-order valence-corrected chi connectivity index (χ2v) is 3.28. The number of rotatable bonds is 2. The fraction of sp³-hybridized carbons (Fsp3) is 0.400. The van der Waals surface area contributed by atoms with Crippen molar-refractivity contribution < 1.29 is 18.7 Å². The van der Waals surface area contributed by atoms with Crippen LogP contribution in [-0.2, 0) is 9.53 Å². The van der Waals surface area contributed by atoms with Crippen molar-refractivity contribution in [3.8, 4) is 0 Å². The fourth-order valence-corrected chi connectivity index (χ4v) is 1.18. The Morgan fingerprint density at radius 1 is 1.67 bits per heavy atom. The summed E-state index contributed by atoms with van der Waals surface area (Å²) >= 11 is 0. The first-order valence-corrected chi connectivity index (χ1v) is 4.44. The summed E-state index contributed by atoms with van der Waals surface area (Å²) in [6.45, 7) is 2.92. The van der Waals surface area contributed by atoms with E-state index in [1.54, 1.807) is 6.92 Å². The Morgan fingerprint density at radius 3 is 2.73 bits per heavy atom. The van der Waals surface area contributed by atoms with Gasteiger partial charge < -0.3 is 9.94 Å². The van der Waals surface area contributed by atoms with Crippen LogP contribution in [0.15, 0.2) is 12.3 Å². The average Bonchev–Trinajstić information content (AvgIpc) is 2.23. The van der Waals surface area contributed by atoms with Crippen LogP contribution in [-0.4, -0.2) is 13.1 Å². The number of ether oxygens (including phenoxy) is 1. The van der Waals surface area contributed by atoms with Crippen molar-refractivity contribution in [3.05, 3.63) is 34.5 Å². The summed E-state index contributed by atoms with van der Waals surface area (Å²) in [5.41, 5.74) is 0.288. The van der Waals surface area contributed by atoms with Gasteiger partial charge in [-0.2, -0.15) is 9.12 Å². The Bertz CT molecular complexity index is 369. The summed E-state index contributed by atoms with van der Waals surface area (Å²) in [7, 11) is 1.24. The molecule has 1 heterocycles. The maximum absolute atomic E-state index is 13.2. The van der Waals surface area contributed by atoms with Crippen LogP contribution in [0.5, 0.6) is 0 Å². The molecule has 0 aromatic carbocycles. The first-order chi connectivity index (χ1) is 6.97. The number of methoxy groups -OCH3 is 1. The Hall–Kier alpha value is -1.65. The zero-order valence-electron chi connectivity index (χ0n) is 8.78. The van der Waals surface area contributed by atoms with E-state index in [1.165, 1.54) is 26.3 Å². The van der Waals surface area contributed by atoms with E-state index in [2.05, 4.69) is 4.74 Å². The lowest BCUT2D eigenvalue weighted by Gasteiger charge is -2.10. The smallest absolute Gasteiger partial charge is 0.313 e. The molecule has 0 saturated heterocycles. The van der Waals surface area contributed by atoms with E-state index in [9.17, 15) is 14.4 Å². The summed E-state index contributed by atoms with van der Waals surface area (Å²) in [6, 6.07) is 1.17. The highest BCUT2D eigenvalue weighted by Gasteiger charge is 2.20. The molecule has 1 atom stereocenters. The van der Waals surface area contributed by atoms with Crippen molar-refractivity contribution in [1.29, 1.82) is 0 Å². The molecule has 0 spiro atoms. The third-order valence-electron chi connectivity index (χ3n) is 2.29. The maximum atomic E-state index is 13.2. The number of halogens is 1. The molecule has 0 saturated carbocycles. The third-order valence-corrected chi connectivity index (χ3v) is 2.29. The molecule has 0 amide bonds. The Balaban J connectivity index is 3.11. The largest absolute Gasteiger partial charge is 0.618 e. The Labute approximate surface area is 86.9 Å². The predicted molar refractivity (Wildman–Crippen MR) is 50.5 cm³/mol. The van der Waals surface area contributed by atoms with Gasteiger partial charge in [0, 0.05) is 12.5 Å². The lowest BCUT2D eigenvalue weighted by atomic mass is 10.0. The van der Waals surface area contributed by atoms with Gasteiger partial charge in [-0.3, -0.25) is 4.79 Å². The molecule has 1 aromatic heterocycles. The van der Waals surface area contributed by atoms with Crippen molar-refractivity contribution in [3.63, 3.8) is 0 Å². The summed E-state index contributed by atoms with van der Waals surface area (Å²) < 4.78 is 18.1. The van der Waals surface area contributed by atoms with Gasteiger partial charge in [0.2, 0.25) is 5.69 Å². The number of aromatic nitrogens is 1. The SMILES string of the molecule is COC(=O)C(C)c1cc(F)c(C)[n+]([O-])c1. The van der Waals surface area contributed by atoms with Crippen LogP contribution in [0, 0.1) is 17.9 Å². The van der Waals surface area contributed by atoms with E-state index in [4.69, 9.17) is 0 Å². The molecule has 0 N–H and O–H groups in total.